The van der Waals surface area contributed by atoms with Crippen LogP contribution in [-0.2, 0) is 6.42 Å². The third-order valence-electron chi connectivity index (χ3n) is 2.21. The van der Waals surface area contributed by atoms with E-state index in [2.05, 4.69) is 20.9 Å². The monoisotopic (exact) mass is 257 g/mol. The Morgan fingerprint density at radius 1 is 1.43 bits per heavy atom. The Labute approximate surface area is 88.9 Å². The fourth-order valence-electron chi connectivity index (χ4n) is 1.52. The molecule has 1 heterocycles. The van der Waals surface area contributed by atoms with Gasteiger partial charge in [0.25, 0.3) is 0 Å². The van der Waals surface area contributed by atoms with Crippen LogP contribution in [-0.4, -0.2) is 16.7 Å². The summed E-state index contributed by atoms with van der Waals surface area (Å²) >= 11 is 3.18. The minimum absolute atomic E-state index is 0.0992. The van der Waals surface area contributed by atoms with E-state index < -0.39 is 0 Å². The number of hydrogen-bond acceptors (Lipinski definition) is 1. The zero-order valence-corrected chi connectivity index (χ0v) is 8.94. The molecule has 0 bridgehead atoms. The van der Waals surface area contributed by atoms with Gasteiger partial charge in [0.15, 0.2) is 0 Å². The maximum atomic E-state index is 13.1. The first kappa shape index (κ1) is 9.68. The summed E-state index contributed by atoms with van der Waals surface area (Å²) in [5, 5.41) is 9.77. The average molecular weight is 258 g/mol. The topological polar surface area (TPSA) is 36.0 Å². The quantitative estimate of drug-likeness (QED) is 0.853. The van der Waals surface area contributed by atoms with Crippen LogP contribution in [0.2, 0.25) is 0 Å². The standard InChI is InChI=1S/C10H9BrFNO/c11-9-8(12)2-1-7-6(3-4-14)5-13-10(7)9/h1-2,5,13-14H,3-4H2. The molecule has 0 radical (unpaired) electrons. The van der Waals surface area contributed by atoms with Crippen LogP contribution >= 0.6 is 15.9 Å². The first-order valence-electron chi connectivity index (χ1n) is 4.29. The van der Waals surface area contributed by atoms with Crippen molar-refractivity contribution in [1.82, 2.24) is 4.98 Å². The van der Waals surface area contributed by atoms with Gasteiger partial charge in [-0.25, -0.2) is 4.39 Å². The lowest BCUT2D eigenvalue weighted by molar-refractivity contribution is 0.300. The van der Waals surface area contributed by atoms with Crippen molar-refractivity contribution in [3.8, 4) is 0 Å². The van der Waals surface area contributed by atoms with Crippen LogP contribution < -0.4 is 0 Å². The third-order valence-corrected chi connectivity index (χ3v) is 2.99. The summed E-state index contributed by atoms with van der Waals surface area (Å²) in [4.78, 5) is 2.98. The van der Waals surface area contributed by atoms with E-state index >= 15 is 0 Å². The number of aromatic nitrogens is 1. The lowest BCUT2D eigenvalue weighted by Gasteiger charge is -1.98. The van der Waals surface area contributed by atoms with Gasteiger partial charge in [-0.2, -0.15) is 0 Å². The van der Waals surface area contributed by atoms with Crippen LogP contribution in [0, 0.1) is 5.82 Å². The summed E-state index contributed by atoms with van der Waals surface area (Å²) in [5.74, 6) is -0.283. The molecule has 1 aromatic heterocycles. The highest BCUT2D eigenvalue weighted by Crippen LogP contribution is 2.28. The molecule has 0 saturated heterocycles. The van der Waals surface area contributed by atoms with Gasteiger partial charge in [0.1, 0.15) is 5.82 Å². The molecule has 0 spiro atoms. The van der Waals surface area contributed by atoms with Gasteiger partial charge in [-0.15, -0.1) is 0 Å². The van der Waals surface area contributed by atoms with Crippen molar-refractivity contribution >= 4 is 26.8 Å². The second-order valence-electron chi connectivity index (χ2n) is 3.07. The lowest BCUT2D eigenvalue weighted by Crippen LogP contribution is -1.88. The molecule has 0 atom stereocenters. The number of rotatable bonds is 2. The van der Waals surface area contributed by atoms with Gasteiger partial charge >= 0.3 is 0 Å². The first-order valence-corrected chi connectivity index (χ1v) is 5.08. The Bertz CT molecular complexity index is 466. The maximum absolute atomic E-state index is 13.1. The van der Waals surface area contributed by atoms with Crippen LogP contribution in [0.25, 0.3) is 10.9 Å². The number of aliphatic hydroxyl groups is 1. The number of aromatic amines is 1. The minimum atomic E-state index is -0.283. The van der Waals surface area contributed by atoms with E-state index in [-0.39, 0.29) is 12.4 Å². The van der Waals surface area contributed by atoms with Crippen LogP contribution in [0.5, 0.6) is 0 Å². The van der Waals surface area contributed by atoms with Gasteiger partial charge < -0.3 is 10.1 Å². The smallest absolute Gasteiger partial charge is 0.139 e. The van der Waals surface area contributed by atoms with E-state index in [1.807, 2.05) is 0 Å². The summed E-state index contributed by atoms with van der Waals surface area (Å²) in [6.07, 6.45) is 2.38. The molecule has 4 heteroatoms. The lowest BCUT2D eigenvalue weighted by atomic mass is 10.1. The van der Waals surface area contributed by atoms with Crippen LogP contribution in [0.3, 0.4) is 0 Å². The highest BCUT2D eigenvalue weighted by Gasteiger charge is 2.09. The summed E-state index contributed by atoms with van der Waals surface area (Å²) in [6, 6.07) is 3.14. The normalized spacial score (nSPS) is 11.1. The molecule has 2 rings (SSSR count). The van der Waals surface area contributed by atoms with Crippen LogP contribution in [0.1, 0.15) is 5.56 Å². The highest BCUT2D eigenvalue weighted by atomic mass is 79.9. The molecule has 0 amide bonds. The molecule has 0 aliphatic heterocycles. The fraction of sp³-hybridized carbons (Fsp3) is 0.200. The molecule has 0 aliphatic carbocycles. The molecule has 0 fully saturated rings. The van der Waals surface area contributed by atoms with Gasteiger partial charge in [-0.3, -0.25) is 0 Å². The predicted octanol–water partition coefficient (Wildman–Crippen LogP) is 2.60. The summed E-state index contributed by atoms with van der Waals surface area (Å²) in [7, 11) is 0. The van der Waals surface area contributed by atoms with Crippen molar-refractivity contribution in [3.63, 3.8) is 0 Å². The van der Waals surface area contributed by atoms with Gasteiger partial charge in [-0.1, -0.05) is 0 Å². The van der Waals surface area contributed by atoms with Crippen LogP contribution in [0.4, 0.5) is 4.39 Å². The van der Waals surface area contributed by atoms with Crippen molar-refractivity contribution in [1.29, 1.82) is 0 Å². The minimum Gasteiger partial charge on any atom is -0.396 e. The summed E-state index contributed by atoms with van der Waals surface area (Å²) in [6.45, 7) is 0.0992. The van der Waals surface area contributed by atoms with E-state index in [9.17, 15) is 4.39 Å². The molecule has 14 heavy (non-hydrogen) atoms. The zero-order chi connectivity index (χ0) is 10.1. The number of hydrogen-bond donors (Lipinski definition) is 2. The molecule has 2 N–H and O–H groups in total. The second kappa shape index (κ2) is 3.71. The Morgan fingerprint density at radius 3 is 2.93 bits per heavy atom. The van der Waals surface area contributed by atoms with Crippen molar-refractivity contribution in [2.75, 3.05) is 6.61 Å². The molecular formula is C10H9BrFNO. The van der Waals surface area contributed by atoms with E-state index in [0.29, 0.717) is 10.9 Å². The zero-order valence-electron chi connectivity index (χ0n) is 7.35. The van der Waals surface area contributed by atoms with Gasteiger partial charge in [0.2, 0.25) is 0 Å². The maximum Gasteiger partial charge on any atom is 0.139 e. The fourth-order valence-corrected chi connectivity index (χ4v) is 1.98. The van der Waals surface area contributed by atoms with Gasteiger partial charge in [0.05, 0.1) is 9.99 Å². The van der Waals surface area contributed by atoms with E-state index in [4.69, 9.17) is 5.11 Å². The number of nitrogens with one attached hydrogen (secondary N) is 1. The average Bonchev–Trinajstić information content (AvgIpc) is 2.57. The number of aliphatic hydroxyl groups excluding tert-OH is 1. The van der Waals surface area contributed by atoms with E-state index in [1.165, 1.54) is 6.07 Å². The molecule has 0 aliphatic rings. The first-order chi connectivity index (χ1) is 6.74. The van der Waals surface area contributed by atoms with E-state index in [0.717, 1.165) is 16.5 Å². The van der Waals surface area contributed by atoms with E-state index in [1.54, 1.807) is 12.3 Å². The third kappa shape index (κ3) is 1.44. The SMILES string of the molecule is OCCc1c[nH]c2c(Br)c(F)ccc12. The molecule has 74 valence electrons. The molecular weight excluding hydrogens is 249 g/mol. The number of H-pyrrole nitrogens is 1. The Hall–Kier alpha value is -0.870. The number of fused-ring (bicyclic) bond motifs is 1. The van der Waals surface area contributed by atoms with Crippen molar-refractivity contribution in [3.05, 3.63) is 34.2 Å². The molecule has 0 unspecified atom stereocenters. The second-order valence-corrected chi connectivity index (χ2v) is 3.86. The largest absolute Gasteiger partial charge is 0.396 e. The highest BCUT2D eigenvalue weighted by molar-refractivity contribution is 9.10. The Kier molecular flexibility index (Phi) is 2.56. The van der Waals surface area contributed by atoms with Crippen molar-refractivity contribution in [2.24, 2.45) is 0 Å². The number of halogens is 2. The molecule has 1 aromatic carbocycles. The molecule has 0 saturated carbocycles. The Balaban J connectivity index is 2.64. The molecule has 2 nitrogen and oxygen atoms in total. The van der Waals surface area contributed by atoms with Crippen LogP contribution in [0.15, 0.2) is 22.8 Å². The number of benzene rings is 1. The molecule has 2 aromatic rings. The summed E-state index contributed by atoms with van der Waals surface area (Å²) < 4.78 is 13.6. The van der Waals surface area contributed by atoms with Gasteiger partial charge in [-0.05, 0) is 40.0 Å². The Morgan fingerprint density at radius 2 is 2.21 bits per heavy atom. The van der Waals surface area contributed by atoms with Crippen molar-refractivity contribution in [2.45, 2.75) is 6.42 Å². The predicted molar refractivity (Wildman–Crippen MR) is 56.7 cm³/mol. The summed E-state index contributed by atoms with van der Waals surface area (Å²) in [5.41, 5.74) is 1.75. The van der Waals surface area contributed by atoms with Crippen molar-refractivity contribution < 1.29 is 9.50 Å². The van der Waals surface area contributed by atoms with Gasteiger partial charge in [0, 0.05) is 18.2 Å².